The van der Waals surface area contributed by atoms with Crippen LogP contribution in [0.2, 0.25) is 0 Å². The maximum atomic E-state index is 11.8. The van der Waals surface area contributed by atoms with Crippen molar-refractivity contribution < 1.29 is 19.6 Å². The standard InChI is InChI=1S/C17H16BrN3O5/c1-10-3-4-14(5-11(10)2)26-9-16(22)20-19-8-12-6-13(18)7-15(17(12)23)21(24)25/h3-8,23H,9H2,1-2H3,(H,20,22)/b19-8+. The van der Waals surface area contributed by atoms with Crippen LogP contribution in [-0.4, -0.2) is 28.8 Å². The number of nitrogens with zero attached hydrogens (tertiary/aromatic N) is 2. The lowest BCUT2D eigenvalue weighted by Crippen LogP contribution is -2.24. The number of hydrogen-bond acceptors (Lipinski definition) is 6. The molecule has 8 nitrogen and oxygen atoms in total. The van der Waals surface area contributed by atoms with Gasteiger partial charge in [0.2, 0.25) is 5.75 Å². The molecule has 26 heavy (non-hydrogen) atoms. The fraction of sp³-hybridized carbons (Fsp3) is 0.176. The summed E-state index contributed by atoms with van der Waals surface area (Å²) in [7, 11) is 0. The molecule has 0 spiro atoms. The van der Waals surface area contributed by atoms with Gasteiger partial charge in [-0.3, -0.25) is 14.9 Å². The molecule has 0 atom stereocenters. The van der Waals surface area contributed by atoms with E-state index in [0.29, 0.717) is 10.2 Å². The maximum Gasteiger partial charge on any atom is 0.312 e. The van der Waals surface area contributed by atoms with Crippen LogP contribution in [0.3, 0.4) is 0 Å². The summed E-state index contributed by atoms with van der Waals surface area (Å²) in [6.07, 6.45) is 1.11. The van der Waals surface area contributed by atoms with E-state index in [1.54, 1.807) is 6.07 Å². The highest BCUT2D eigenvalue weighted by molar-refractivity contribution is 9.10. The largest absolute Gasteiger partial charge is 0.502 e. The van der Waals surface area contributed by atoms with Crippen molar-refractivity contribution in [2.75, 3.05) is 6.61 Å². The van der Waals surface area contributed by atoms with Gasteiger partial charge in [0.15, 0.2) is 6.61 Å². The second-order valence-corrected chi connectivity index (χ2v) is 6.36. The highest BCUT2D eigenvalue weighted by atomic mass is 79.9. The molecule has 9 heteroatoms. The van der Waals surface area contributed by atoms with E-state index in [9.17, 15) is 20.0 Å². The minimum absolute atomic E-state index is 0.0847. The first-order valence-corrected chi connectivity index (χ1v) is 8.26. The van der Waals surface area contributed by atoms with Crippen LogP contribution in [0.5, 0.6) is 11.5 Å². The number of nitro groups is 1. The third-order valence-corrected chi connectivity index (χ3v) is 3.98. The molecule has 2 aromatic carbocycles. The Morgan fingerprint density at radius 1 is 1.35 bits per heavy atom. The molecule has 2 rings (SSSR count). The van der Waals surface area contributed by atoms with Crippen LogP contribution in [0.4, 0.5) is 5.69 Å². The van der Waals surface area contributed by atoms with E-state index in [0.717, 1.165) is 17.3 Å². The predicted molar refractivity (Wildman–Crippen MR) is 99.6 cm³/mol. The topological polar surface area (TPSA) is 114 Å². The molecular weight excluding hydrogens is 406 g/mol. The quantitative estimate of drug-likeness (QED) is 0.422. The molecule has 2 aromatic rings. The van der Waals surface area contributed by atoms with Crippen LogP contribution in [0.1, 0.15) is 16.7 Å². The van der Waals surface area contributed by atoms with Crippen LogP contribution in [0.15, 0.2) is 39.9 Å². The molecule has 0 bridgehead atoms. The van der Waals surface area contributed by atoms with Crippen molar-refractivity contribution in [3.63, 3.8) is 0 Å². The van der Waals surface area contributed by atoms with Crippen molar-refractivity contribution in [2.45, 2.75) is 13.8 Å². The molecule has 0 aliphatic rings. The lowest BCUT2D eigenvalue weighted by atomic mass is 10.1. The Hall–Kier alpha value is -2.94. The fourth-order valence-corrected chi connectivity index (χ4v) is 2.47. The highest BCUT2D eigenvalue weighted by Crippen LogP contribution is 2.32. The first kappa shape index (κ1) is 19.4. The van der Waals surface area contributed by atoms with Gasteiger partial charge < -0.3 is 9.84 Å². The monoisotopic (exact) mass is 421 g/mol. The van der Waals surface area contributed by atoms with Gasteiger partial charge in [-0.15, -0.1) is 0 Å². The third-order valence-electron chi connectivity index (χ3n) is 3.52. The summed E-state index contributed by atoms with van der Waals surface area (Å²) >= 11 is 3.11. The second-order valence-electron chi connectivity index (χ2n) is 5.45. The van der Waals surface area contributed by atoms with Gasteiger partial charge in [-0.25, -0.2) is 5.43 Å². The molecule has 2 N–H and O–H groups in total. The Morgan fingerprint density at radius 3 is 2.73 bits per heavy atom. The number of phenolic OH excluding ortho intramolecular Hbond substituents is 1. The SMILES string of the molecule is Cc1ccc(OCC(=O)N/N=C/c2cc(Br)cc([N+](=O)[O-])c2O)cc1C. The van der Waals surface area contributed by atoms with Crippen LogP contribution < -0.4 is 10.2 Å². The number of carbonyl (C=O) groups excluding carboxylic acids is 1. The van der Waals surface area contributed by atoms with Crippen molar-refractivity contribution >= 4 is 33.7 Å². The number of phenols is 1. The van der Waals surface area contributed by atoms with E-state index in [-0.39, 0.29) is 12.2 Å². The number of hydrazone groups is 1. The van der Waals surface area contributed by atoms with E-state index in [4.69, 9.17) is 4.74 Å². The molecule has 0 aliphatic heterocycles. The van der Waals surface area contributed by atoms with Crippen LogP contribution >= 0.6 is 15.9 Å². The number of ether oxygens (including phenoxy) is 1. The molecular formula is C17H16BrN3O5. The van der Waals surface area contributed by atoms with E-state index in [2.05, 4.69) is 26.5 Å². The Morgan fingerprint density at radius 2 is 2.08 bits per heavy atom. The molecule has 1 amide bonds. The van der Waals surface area contributed by atoms with Gasteiger partial charge in [-0.05, 0) is 43.2 Å². The number of rotatable bonds is 6. The Bertz CT molecular complexity index is 883. The summed E-state index contributed by atoms with van der Waals surface area (Å²) < 4.78 is 5.76. The van der Waals surface area contributed by atoms with E-state index < -0.39 is 22.3 Å². The first-order chi connectivity index (χ1) is 12.3. The molecule has 0 aromatic heterocycles. The summed E-state index contributed by atoms with van der Waals surface area (Å²) in [5.74, 6) is -0.487. The first-order valence-electron chi connectivity index (χ1n) is 7.47. The smallest absolute Gasteiger partial charge is 0.312 e. The number of hydrogen-bond donors (Lipinski definition) is 2. The summed E-state index contributed by atoms with van der Waals surface area (Å²) in [5.41, 5.74) is 4.02. The Labute approximate surface area is 157 Å². The Balaban J connectivity index is 1.96. The van der Waals surface area contributed by atoms with Crippen LogP contribution in [0.25, 0.3) is 0 Å². The van der Waals surface area contributed by atoms with E-state index in [1.165, 1.54) is 12.1 Å². The number of aryl methyl sites for hydroxylation is 2. The number of amides is 1. The van der Waals surface area contributed by atoms with Gasteiger partial charge in [0.1, 0.15) is 5.75 Å². The molecule has 0 radical (unpaired) electrons. The lowest BCUT2D eigenvalue weighted by Gasteiger charge is -2.07. The average Bonchev–Trinajstić information content (AvgIpc) is 2.58. The average molecular weight is 422 g/mol. The molecule has 0 aliphatic carbocycles. The zero-order valence-corrected chi connectivity index (χ0v) is 15.6. The maximum absolute atomic E-state index is 11.8. The number of nitro benzene ring substituents is 1. The summed E-state index contributed by atoms with van der Waals surface area (Å²) in [6.45, 7) is 3.67. The Kier molecular flexibility index (Phi) is 6.29. The van der Waals surface area contributed by atoms with Crippen LogP contribution in [0, 0.1) is 24.0 Å². The zero-order valence-electron chi connectivity index (χ0n) is 14.0. The molecule has 136 valence electrons. The number of carbonyl (C=O) groups is 1. The molecule has 0 saturated carbocycles. The van der Waals surface area contributed by atoms with E-state index >= 15 is 0 Å². The highest BCUT2D eigenvalue weighted by Gasteiger charge is 2.17. The third kappa shape index (κ3) is 5.03. The normalized spacial score (nSPS) is 10.7. The van der Waals surface area contributed by atoms with Crippen molar-refractivity contribution in [3.8, 4) is 11.5 Å². The van der Waals surface area contributed by atoms with Crippen molar-refractivity contribution in [1.82, 2.24) is 5.43 Å². The van der Waals surface area contributed by atoms with Gasteiger partial charge >= 0.3 is 5.69 Å². The summed E-state index contributed by atoms with van der Waals surface area (Å²) in [4.78, 5) is 21.9. The minimum atomic E-state index is -0.715. The van der Waals surface area contributed by atoms with Gasteiger partial charge in [-0.1, -0.05) is 22.0 Å². The molecule has 0 unspecified atom stereocenters. The molecule has 0 heterocycles. The van der Waals surface area contributed by atoms with Crippen molar-refractivity contribution in [2.24, 2.45) is 5.10 Å². The second kappa shape index (κ2) is 8.43. The van der Waals surface area contributed by atoms with Gasteiger partial charge in [0.05, 0.1) is 11.1 Å². The number of benzene rings is 2. The van der Waals surface area contributed by atoms with Crippen molar-refractivity contribution in [1.29, 1.82) is 0 Å². The van der Waals surface area contributed by atoms with E-state index in [1.807, 2.05) is 26.0 Å². The van der Waals surface area contributed by atoms with Gasteiger partial charge in [0, 0.05) is 16.1 Å². The number of aromatic hydroxyl groups is 1. The number of halogens is 1. The lowest BCUT2D eigenvalue weighted by molar-refractivity contribution is -0.385. The fourth-order valence-electron chi connectivity index (χ4n) is 2.00. The summed E-state index contributed by atoms with van der Waals surface area (Å²) in [5, 5.41) is 24.4. The molecule has 0 fully saturated rings. The predicted octanol–water partition coefficient (Wildman–Crippen LogP) is 3.21. The van der Waals surface area contributed by atoms with Crippen molar-refractivity contribution in [3.05, 3.63) is 61.6 Å². The van der Waals surface area contributed by atoms with Gasteiger partial charge in [-0.2, -0.15) is 5.10 Å². The minimum Gasteiger partial charge on any atom is -0.502 e. The van der Waals surface area contributed by atoms with Gasteiger partial charge in [0.25, 0.3) is 5.91 Å². The van der Waals surface area contributed by atoms with Crippen LogP contribution in [-0.2, 0) is 4.79 Å². The zero-order chi connectivity index (χ0) is 19.3. The number of nitrogens with one attached hydrogen (secondary N) is 1. The molecule has 0 saturated heterocycles. The summed E-state index contributed by atoms with van der Waals surface area (Å²) in [6, 6.07) is 8.08.